The molecular weight excluding hydrogens is 192 g/mol. The Morgan fingerprint density at radius 3 is 2.67 bits per heavy atom. The van der Waals surface area contributed by atoms with Gasteiger partial charge < -0.3 is 0 Å². The first-order valence-corrected chi connectivity index (χ1v) is 4.82. The fourth-order valence-corrected chi connectivity index (χ4v) is 1.13. The molecule has 0 fully saturated rings. The third-order valence-corrected chi connectivity index (χ3v) is 1.92. The van der Waals surface area contributed by atoms with Crippen LogP contribution in [0.2, 0.25) is 0 Å². The molecule has 2 heterocycles. The monoisotopic (exact) mass is 206 g/mol. The van der Waals surface area contributed by atoms with Gasteiger partial charge in [-0.3, -0.25) is 4.68 Å². The highest BCUT2D eigenvalue weighted by molar-refractivity contribution is 4.84. The summed E-state index contributed by atoms with van der Waals surface area (Å²) in [7, 11) is 0. The molecule has 0 aliphatic carbocycles. The van der Waals surface area contributed by atoms with Crippen LogP contribution in [0, 0.1) is 0 Å². The lowest BCUT2D eigenvalue weighted by molar-refractivity contribution is 0.305. The third-order valence-electron chi connectivity index (χ3n) is 1.92. The maximum Gasteiger partial charge on any atom is 0.196 e. The molecule has 0 spiro atoms. The van der Waals surface area contributed by atoms with Gasteiger partial charge in [0.05, 0.1) is 5.54 Å². The molecule has 0 aliphatic heterocycles. The van der Waals surface area contributed by atoms with E-state index in [1.54, 1.807) is 15.7 Å². The molecule has 0 unspecified atom stereocenters. The van der Waals surface area contributed by atoms with Crippen LogP contribution in [0.5, 0.6) is 0 Å². The lowest BCUT2D eigenvalue weighted by Crippen LogP contribution is -2.24. The van der Waals surface area contributed by atoms with E-state index in [9.17, 15) is 0 Å². The topological polar surface area (TPSA) is 61.4 Å². The van der Waals surface area contributed by atoms with Crippen LogP contribution in [0.25, 0.3) is 0 Å². The summed E-state index contributed by atoms with van der Waals surface area (Å²) < 4.78 is 1.77. The largest absolute Gasteiger partial charge is 0.265 e. The maximum absolute atomic E-state index is 4.29. The van der Waals surface area contributed by atoms with E-state index >= 15 is 0 Å². The Morgan fingerprint density at radius 2 is 2.13 bits per heavy atom. The lowest BCUT2D eigenvalue weighted by atomic mass is 10.1. The second-order valence-electron chi connectivity index (χ2n) is 4.37. The Morgan fingerprint density at radius 1 is 1.33 bits per heavy atom. The summed E-state index contributed by atoms with van der Waals surface area (Å²) in [6.07, 6.45) is 3.60. The fourth-order valence-electron chi connectivity index (χ4n) is 1.13. The van der Waals surface area contributed by atoms with Crippen LogP contribution in [0.3, 0.4) is 0 Å². The van der Waals surface area contributed by atoms with Crippen LogP contribution >= 0.6 is 0 Å². The van der Waals surface area contributed by atoms with Gasteiger partial charge in [0.1, 0.15) is 6.54 Å². The molecule has 2 rings (SSSR count). The summed E-state index contributed by atoms with van der Waals surface area (Å²) in [5, 5.41) is 16.4. The van der Waals surface area contributed by atoms with Gasteiger partial charge in [-0.25, -0.2) is 0 Å². The Labute approximate surface area is 87.9 Å². The van der Waals surface area contributed by atoms with Crippen molar-refractivity contribution < 1.29 is 0 Å². The molecule has 0 bridgehead atoms. The van der Waals surface area contributed by atoms with Crippen molar-refractivity contribution in [2.45, 2.75) is 32.9 Å². The summed E-state index contributed by atoms with van der Waals surface area (Å²) in [4.78, 5) is 1.62. The van der Waals surface area contributed by atoms with Gasteiger partial charge in [0.2, 0.25) is 0 Å². The first kappa shape index (κ1) is 9.82. The van der Waals surface area contributed by atoms with Gasteiger partial charge >= 0.3 is 0 Å². The molecule has 0 radical (unpaired) electrons. The Hall–Kier alpha value is -1.72. The average Bonchev–Trinajstić information content (AvgIpc) is 2.73. The van der Waals surface area contributed by atoms with Crippen molar-refractivity contribution in [3.8, 4) is 0 Å². The highest BCUT2D eigenvalue weighted by atomic mass is 15.6. The van der Waals surface area contributed by atoms with Crippen molar-refractivity contribution >= 4 is 0 Å². The molecule has 80 valence electrons. The minimum Gasteiger partial charge on any atom is -0.265 e. The molecule has 0 aromatic carbocycles. The number of tetrazole rings is 1. The summed E-state index contributed by atoms with van der Waals surface area (Å²) in [5.41, 5.74) is -0.130. The second kappa shape index (κ2) is 3.45. The van der Waals surface area contributed by atoms with Crippen molar-refractivity contribution in [3.63, 3.8) is 0 Å². The minimum absolute atomic E-state index is 0.130. The first-order valence-electron chi connectivity index (χ1n) is 4.82. The molecule has 0 amide bonds. The summed E-state index contributed by atoms with van der Waals surface area (Å²) >= 11 is 0. The predicted octanol–water partition coefficient (Wildman–Crippen LogP) is 0.673. The van der Waals surface area contributed by atoms with Gasteiger partial charge in [0.15, 0.2) is 5.82 Å². The van der Waals surface area contributed by atoms with E-state index in [0.29, 0.717) is 12.4 Å². The Kier molecular flexibility index (Phi) is 2.26. The highest BCUT2D eigenvalue weighted by Crippen LogP contribution is 2.09. The van der Waals surface area contributed by atoms with E-state index in [0.717, 1.165) is 0 Å². The SMILES string of the molecule is CC(C)(C)n1nnc(Cn2cccn2)n1. The fraction of sp³-hybridized carbons (Fsp3) is 0.556. The predicted molar refractivity (Wildman–Crippen MR) is 54.1 cm³/mol. The van der Waals surface area contributed by atoms with Crippen LogP contribution < -0.4 is 0 Å². The molecule has 0 N–H and O–H groups in total. The molecule has 2 aromatic rings. The van der Waals surface area contributed by atoms with Gasteiger partial charge in [-0.1, -0.05) is 0 Å². The number of nitrogens with zero attached hydrogens (tertiary/aromatic N) is 6. The summed E-state index contributed by atoms with van der Waals surface area (Å²) in [5.74, 6) is 0.675. The normalized spacial score (nSPS) is 11.9. The smallest absolute Gasteiger partial charge is 0.196 e. The number of rotatable bonds is 2. The lowest BCUT2D eigenvalue weighted by Gasteiger charge is -2.15. The molecule has 0 atom stereocenters. The third kappa shape index (κ3) is 2.20. The highest BCUT2D eigenvalue weighted by Gasteiger charge is 2.16. The molecular formula is C9H14N6. The van der Waals surface area contributed by atoms with E-state index in [-0.39, 0.29) is 5.54 Å². The molecule has 6 nitrogen and oxygen atoms in total. The van der Waals surface area contributed by atoms with Crippen molar-refractivity contribution in [1.29, 1.82) is 0 Å². The zero-order chi connectivity index (χ0) is 10.9. The molecule has 0 saturated carbocycles. The van der Waals surface area contributed by atoms with E-state index in [1.807, 2.05) is 33.0 Å². The van der Waals surface area contributed by atoms with Crippen LogP contribution in [0.15, 0.2) is 18.5 Å². The van der Waals surface area contributed by atoms with Crippen LogP contribution in [0.1, 0.15) is 26.6 Å². The van der Waals surface area contributed by atoms with Crippen molar-refractivity contribution in [2.75, 3.05) is 0 Å². The van der Waals surface area contributed by atoms with Gasteiger partial charge in [-0.15, -0.1) is 10.2 Å². The maximum atomic E-state index is 4.29. The number of aromatic nitrogens is 6. The first-order chi connectivity index (χ1) is 7.05. The standard InChI is InChI=1S/C9H14N6/c1-9(2,3)15-12-8(11-13-15)7-14-6-4-5-10-14/h4-6H,7H2,1-3H3. The van der Waals surface area contributed by atoms with Crippen molar-refractivity contribution in [3.05, 3.63) is 24.3 Å². The minimum atomic E-state index is -0.130. The zero-order valence-electron chi connectivity index (χ0n) is 9.12. The molecule has 2 aromatic heterocycles. The van der Waals surface area contributed by atoms with Gasteiger partial charge in [-0.05, 0) is 32.1 Å². The molecule has 0 aliphatic rings. The van der Waals surface area contributed by atoms with Crippen molar-refractivity contribution in [1.82, 2.24) is 30.0 Å². The van der Waals surface area contributed by atoms with Crippen LogP contribution in [-0.2, 0) is 12.1 Å². The molecule has 6 heteroatoms. The Balaban J connectivity index is 2.15. The average molecular weight is 206 g/mol. The zero-order valence-corrected chi connectivity index (χ0v) is 9.12. The molecule has 0 saturated heterocycles. The van der Waals surface area contributed by atoms with Crippen LogP contribution in [-0.4, -0.2) is 30.0 Å². The number of hydrogen-bond donors (Lipinski definition) is 0. The number of hydrogen-bond acceptors (Lipinski definition) is 4. The Bertz CT molecular complexity index is 422. The van der Waals surface area contributed by atoms with Crippen molar-refractivity contribution in [2.24, 2.45) is 0 Å². The van der Waals surface area contributed by atoms with E-state index in [2.05, 4.69) is 20.5 Å². The quantitative estimate of drug-likeness (QED) is 0.724. The van der Waals surface area contributed by atoms with E-state index in [1.165, 1.54) is 0 Å². The van der Waals surface area contributed by atoms with Gasteiger partial charge in [0.25, 0.3) is 0 Å². The summed E-state index contributed by atoms with van der Waals surface area (Å²) in [6, 6.07) is 1.87. The molecule has 15 heavy (non-hydrogen) atoms. The summed E-state index contributed by atoms with van der Waals surface area (Å²) in [6.45, 7) is 6.66. The van der Waals surface area contributed by atoms with E-state index < -0.39 is 0 Å². The van der Waals surface area contributed by atoms with Crippen LogP contribution in [0.4, 0.5) is 0 Å². The second-order valence-corrected chi connectivity index (χ2v) is 4.37. The van der Waals surface area contributed by atoms with Gasteiger partial charge in [0, 0.05) is 12.4 Å². The van der Waals surface area contributed by atoms with Gasteiger partial charge in [-0.2, -0.15) is 9.90 Å². The van der Waals surface area contributed by atoms with E-state index in [4.69, 9.17) is 0 Å².